The molecular weight excluding hydrogens is 344 g/mol. The Morgan fingerprint density at radius 1 is 1.15 bits per heavy atom. The molecule has 4 rings (SSSR count). The highest BCUT2D eigenvalue weighted by Crippen LogP contribution is 2.37. The molecule has 0 unspecified atom stereocenters. The van der Waals surface area contributed by atoms with Gasteiger partial charge in [0, 0.05) is 19.6 Å². The first kappa shape index (κ1) is 17.9. The quantitative estimate of drug-likeness (QED) is 0.876. The number of hydrogen-bond donors (Lipinski definition) is 1. The first-order chi connectivity index (χ1) is 13.2. The van der Waals surface area contributed by atoms with E-state index in [1.54, 1.807) is 19.2 Å². The number of para-hydroxylation sites is 2. The van der Waals surface area contributed by atoms with Crippen LogP contribution >= 0.6 is 0 Å². The van der Waals surface area contributed by atoms with Crippen molar-refractivity contribution in [2.24, 2.45) is 5.41 Å². The number of ether oxygens (including phenoxy) is 2. The van der Waals surface area contributed by atoms with Crippen molar-refractivity contribution in [3.05, 3.63) is 47.9 Å². The van der Waals surface area contributed by atoms with Crippen LogP contribution < -0.4 is 14.8 Å². The fourth-order valence-corrected chi connectivity index (χ4v) is 4.02. The van der Waals surface area contributed by atoms with Crippen LogP contribution in [0, 0.1) is 5.41 Å². The third kappa shape index (κ3) is 3.81. The van der Waals surface area contributed by atoms with Crippen LogP contribution in [0.25, 0.3) is 0 Å². The molecule has 2 aromatic rings. The highest BCUT2D eigenvalue weighted by atomic mass is 16.5. The summed E-state index contributed by atoms with van der Waals surface area (Å²) in [7, 11) is 1.61. The van der Waals surface area contributed by atoms with Gasteiger partial charge in [-0.15, -0.1) is 0 Å². The number of benzene rings is 1. The fourth-order valence-electron chi connectivity index (χ4n) is 4.02. The van der Waals surface area contributed by atoms with Crippen molar-refractivity contribution in [2.45, 2.75) is 25.9 Å². The third-order valence-electron chi connectivity index (χ3n) is 5.75. The highest BCUT2D eigenvalue weighted by Gasteiger charge is 2.38. The van der Waals surface area contributed by atoms with E-state index in [1.165, 1.54) is 6.42 Å². The number of methoxy groups -OCH3 is 1. The first-order valence-electron chi connectivity index (χ1n) is 9.54. The smallest absolute Gasteiger partial charge is 0.289 e. The van der Waals surface area contributed by atoms with Gasteiger partial charge in [0.1, 0.15) is 12.4 Å². The Balaban J connectivity index is 1.34. The first-order valence-corrected chi connectivity index (χ1v) is 9.54. The summed E-state index contributed by atoms with van der Waals surface area (Å²) < 4.78 is 16.8. The second-order valence-corrected chi connectivity index (χ2v) is 7.42. The molecule has 1 amide bonds. The standard InChI is InChI=1S/C21H26N2O4/c1-25-17-4-2-3-5-18(17)26-14-16-6-7-19(27-16)20(24)23-12-9-21(10-13-23)8-11-22-15-21/h2-7,22H,8-15H2,1H3. The molecule has 0 bridgehead atoms. The summed E-state index contributed by atoms with van der Waals surface area (Å²) in [6.07, 6.45) is 3.35. The number of carbonyl (C=O) groups excluding carboxylic acids is 1. The Morgan fingerprint density at radius 2 is 1.93 bits per heavy atom. The lowest BCUT2D eigenvalue weighted by Gasteiger charge is -2.38. The van der Waals surface area contributed by atoms with Crippen molar-refractivity contribution in [1.82, 2.24) is 10.2 Å². The van der Waals surface area contributed by atoms with Crippen LogP contribution in [0.4, 0.5) is 0 Å². The van der Waals surface area contributed by atoms with Crippen LogP contribution in [0.5, 0.6) is 11.5 Å². The zero-order valence-electron chi connectivity index (χ0n) is 15.7. The van der Waals surface area contributed by atoms with Gasteiger partial charge in [-0.1, -0.05) is 12.1 Å². The monoisotopic (exact) mass is 370 g/mol. The molecule has 27 heavy (non-hydrogen) atoms. The van der Waals surface area contributed by atoms with Crippen LogP contribution in [0.1, 0.15) is 35.6 Å². The lowest BCUT2D eigenvalue weighted by atomic mass is 9.78. The fraction of sp³-hybridized carbons (Fsp3) is 0.476. The van der Waals surface area contributed by atoms with E-state index in [-0.39, 0.29) is 12.5 Å². The Kier molecular flexibility index (Phi) is 5.07. The molecule has 2 aliphatic rings. The summed E-state index contributed by atoms with van der Waals surface area (Å²) in [5.74, 6) is 2.30. The maximum absolute atomic E-state index is 12.7. The van der Waals surface area contributed by atoms with Crippen LogP contribution in [0.3, 0.4) is 0 Å². The number of hydrogen-bond acceptors (Lipinski definition) is 5. The molecule has 2 aliphatic heterocycles. The average molecular weight is 370 g/mol. The van der Waals surface area contributed by atoms with Crippen molar-refractivity contribution in [1.29, 1.82) is 0 Å². The topological polar surface area (TPSA) is 63.9 Å². The van der Waals surface area contributed by atoms with Crippen molar-refractivity contribution >= 4 is 5.91 Å². The lowest BCUT2D eigenvalue weighted by molar-refractivity contribution is 0.0573. The normalized spacial score (nSPS) is 18.6. The molecule has 2 saturated heterocycles. The summed E-state index contributed by atoms with van der Waals surface area (Å²) in [6, 6.07) is 11.0. The predicted molar refractivity (Wildman–Crippen MR) is 101 cm³/mol. The number of nitrogens with one attached hydrogen (secondary N) is 1. The molecular formula is C21H26N2O4. The van der Waals surface area contributed by atoms with Gasteiger partial charge in [0.25, 0.3) is 5.91 Å². The van der Waals surface area contributed by atoms with E-state index in [2.05, 4.69) is 5.32 Å². The molecule has 0 radical (unpaired) electrons. The summed E-state index contributed by atoms with van der Waals surface area (Å²) in [5.41, 5.74) is 0.397. The van der Waals surface area contributed by atoms with E-state index in [0.29, 0.717) is 28.4 Å². The number of amides is 1. The molecule has 144 valence electrons. The number of likely N-dealkylation sites (tertiary alicyclic amines) is 1. The number of furan rings is 1. The molecule has 0 aliphatic carbocycles. The van der Waals surface area contributed by atoms with Crippen LogP contribution in [-0.4, -0.2) is 44.1 Å². The Bertz CT molecular complexity index is 785. The van der Waals surface area contributed by atoms with Gasteiger partial charge in [0.15, 0.2) is 17.3 Å². The van der Waals surface area contributed by atoms with E-state index in [0.717, 1.165) is 39.0 Å². The van der Waals surface area contributed by atoms with Gasteiger partial charge in [0.2, 0.25) is 0 Å². The zero-order valence-corrected chi connectivity index (χ0v) is 15.7. The van der Waals surface area contributed by atoms with Crippen molar-refractivity contribution < 1.29 is 18.7 Å². The average Bonchev–Trinajstić information content (AvgIpc) is 3.37. The second-order valence-electron chi connectivity index (χ2n) is 7.42. The minimum absolute atomic E-state index is 0.0284. The Morgan fingerprint density at radius 3 is 2.63 bits per heavy atom. The van der Waals surface area contributed by atoms with E-state index in [1.807, 2.05) is 29.2 Å². The lowest BCUT2D eigenvalue weighted by Crippen LogP contribution is -2.43. The maximum atomic E-state index is 12.7. The number of carbonyl (C=O) groups is 1. The molecule has 1 aromatic carbocycles. The summed E-state index contributed by atoms with van der Waals surface area (Å²) in [4.78, 5) is 14.7. The van der Waals surface area contributed by atoms with Gasteiger partial charge in [-0.05, 0) is 55.5 Å². The van der Waals surface area contributed by atoms with E-state index >= 15 is 0 Å². The molecule has 0 atom stereocenters. The predicted octanol–water partition coefficient (Wildman–Crippen LogP) is 3.08. The second kappa shape index (κ2) is 7.64. The minimum atomic E-state index is -0.0284. The van der Waals surface area contributed by atoms with Crippen molar-refractivity contribution in [2.75, 3.05) is 33.3 Å². The summed E-state index contributed by atoms with van der Waals surface area (Å²) >= 11 is 0. The van der Waals surface area contributed by atoms with Crippen molar-refractivity contribution in [3.8, 4) is 11.5 Å². The Hall–Kier alpha value is -2.47. The number of piperidine rings is 1. The molecule has 2 fully saturated rings. The van der Waals surface area contributed by atoms with Crippen LogP contribution in [0.15, 0.2) is 40.8 Å². The molecule has 1 aromatic heterocycles. The zero-order chi connectivity index (χ0) is 18.7. The van der Waals surface area contributed by atoms with Crippen molar-refractivity contribution in [3.63, 3.8) is 0 Å². The maximum Gasteiger partial charge on any atom is 0.289 e. The molecule has 3 heterocycles. The molecule has 1 spiro atoms. The van der Waals surface area contributed by atoms with E-state index in [4.69, 9.17) is 13.9 Å². The van der Waals surface area contributed by atoms with Gasteiger partial charge in [-0.3, -0.25) is 4.79 Å². The van der Waals surface area contributed by atoms with Gasteiger partial charge in [-0.2, -0.15) is 0 Å². The highest BCUT2D eigenvalue weighted by molar-refractivity contribution is 5.91. The third-order valence-corrected chi connectivity index (χ3v) is 5.75. The Labute approximate surface area is 159 Å². The number of rotatable bonds is 5. The SMILES string of the molecule is COc1ccccc1OCc1ccc(C(=O)N2CCC3(CCNC3)CC2)o1. The summed E-state index contributed by atoms with van der Waals surface area (Å²) in [6.45, 7) is 4.03. The number of nitrogens with zero attached hydrogens (tertiary/aromatic N) is 1. The van der Waals surface area contributed by atoms with Crippen LogP contribution in [-0.2, 0) is 6.61 Å². The van der Waals surface area contributed by atoms with E-state index in [9.17, 15) is 4.79 Å². The van der Waals surface area contributed by atoms with E-state index < -0.39 is 0 Å². The molecule has 1 N–H and O–H groups in total. The van der Waals surface area contributed by atoms with Gasteiger partial charge in [-0.25, -0.2) is 0 Å². The van der Waals surface area contributed by atoms with Gasteiger partial charge in [0.05, 0.1) is 7.11 Å². The van der Waals surface area contributed by atoms with Crippen LogP contribution in [0.2, 0.25) is 0 Å². The molecule has 6 heteroatoms. The van der Waals surface area contributed by atoms with Gasteiger partial charge >= 0.3 is 0 Å². The summed E-state index contributed by atoms with van der Waals surface area (Å²) in [5, 5.41) is 3.45. The molecule has 6 nitrogen and oxygen atoms in total. The largest absolute Gasteiger partial charge is 0.493 e. The molecule has 0 saturated carbocycles. The van der Waals surface area contributed by atoms with Gasteiger partial charge < -0.3 is 24.1 Å². The minimum Gasteiger partial charge on any atom is -0.493 e.